The molecule has 0 radical (unpaired) electrons. The van der Waals surface area contributed by atoms with Crippen LogP contribution in [0.4, 0.5) is 0 Å². The quantitative estimate of drug-likeness (QED) is 0.358. The highest BCUT2D eigenvalue weighted by atomic mass is 32.2. The van der Waals surface area contributed by atoms with Gasteiger partial charge in [0.05, 0.1) is 18.8 Å². The largest absolute Gasteiger partial charge is 0.338 e. The molecular weight excluding hydrogens is 428 g/mol. The molecule has 0 bridgehead atoms. The Bertz CT molecular complexity index is 1090. The van der Waals surface area contributed by atoms with E-state index >= 15 is 0 Å². The molecule has 31 heavy (non-hydrogen) atoms. The fourth-order valence-corrected chi connectivity index (χ4v) is 5.16. The molecule has 9 heteroatoms. The first-order valence-corrected chi connectivity index (χ1v) is 12.4. The molecule has 0 saturated carbocycles. The number of likely N-dealkylation sites (tertiary alicyclic amines) is 1. The van der Waals surface area contributed by atoms with Crippen LogP contribution in [-0.2, 0) is 18.8 Å². The van der Waals surface area contributed by atoms with E-state index in [4.69, 9.17) is 4.52 Å². The number of piperidine rings is 1. The van der Waals surface area contributed by atoms with Crippen molar-refractivity contribution in [3.63, 3.8) is 0 Å². The number of benzene rings is 1. The standard InChI is InChI=1S/C22H24N6OS2/c1-3-7-17(8-4-1)13-28-19(14-27-10-5-2-6-11-27)24-25-22(28)31-16-20-23-21(26-29-20)18-9-12-30-15-18/h1,3-4,7-9,12,15H,2,5-6,10-11,13-14,16H2. The maximum absolute atomic E-state index is 5.45. The van der Waals surface area contributed by atoms with E-state index in [1.54, 1.807) is 23.1 Å². The summed E-state index contributed by atoms with van der Waals surface area (Å²) in [5.74, 6) is 2.80. The summed E-state index contributed by atoms with van der Waals surface area (Å²) in [6.45, 7) is 3.86. The van der Waals surface area contributed by atoms with Gasteiger partial charge in [-0.05, 0) is 42.9 Å². The minimum atomic E-state index is 0.563. The number of nitrogens with zero attached hydrogens (tertiary/aromatic N) is 6. The molecule has 4 heterocycles. The van der Waals surface area contributed by atoms with Gasteiger partial charge < -0.3 is 9.09 Å². The number of thioether (sulfide) groups is 1. The monoisotopic (exact) mass is 452 g/mol. The number of aromatic nitrogens is 5. The van der Waals surface area contributed by atoms with Gasteiger partial charge in [0.1, 0.15) is 5.82 Å². The van der Waals surface area contributed by atoms with Crippen molar-refractivity contribution in [2.75, 3.05) is 13.1 Å². The molecule has 0 spiro atoms. The Morgan fingerprint density at radius 1 is 1.00 bits per heavy atom. The summed E-state index contributed by atoms with van der Waals surface area (Å²) in [7, 11) is 0. The van der Waals surface area contributed by atoms with Crippen LogP contribution in [0.25, 0.3) is 11.4 Å². The summed E-state index contributed by atoms with van der Waals surface area (Å²) in [4.78, 5) is 7.00. The van der Waals surface area contributed by atoms with Gasteiger partial charge in [-0.25, -0.2) is 0 Å². The molecule has 1 aromatic carbocycles. The Kier molecular flexibility index (Phi) is 6.43. The van der Waals surface area contributed by atoms with Crippen LogP contribution in [0, 0.1) is 0 Å². The molecule has 0 atom stereocenters. The molecule has 160 valence electrons. The second-order valence-corrected chi connectivity index (χ2v) is 9.34. The number of hydrogen-bond acceptors (Lipinski definition) is 8. The topological polar surface area (TPSA) is 72.9 Å². The van der Waals surface area contributed by atoms with Crippen LogP contribution in [0.5, 0.6) is 0 Å². The van der Waals surface area contributed by atoms with Crippen molar-refractivity contribution < 1.29 is 4.52 Å². The Hall–Kier alpha value is -2.49. The Balaban J connectivity index is 1.33. The Morgan fingerprint density at radius 3 is 2.68 bits per heavy atom. The van der Waals surface area contributed by atoms with Gasteiger partial charge in [0, 0.05) is 10.9 Å². The van der Waals surface area contributed by atoms with Crippen LogP contribution in [0.2, 0.25) is 0 Å². The molecular formula is C22H24N6OS2. The molecule has 0 unspecified atom stereocenters. The molecule has 1 saturated heterocycles. The Labute approximate surface area is 189 Å². The first-order valence-electron chi connectivity index (χ1n) is 10.5. The van der Waals surface area contributed by atoms with Crippen LogP contribution in [0.15, 0.2) is 56.8 Å². The van der Waals surface area contributed by atoms with E-state index in [1.165, 1.54) is 24.8 Å². The number of thiophene rings is 1. The van der Waals surface area contributed by atoms with Gasteiger partial charge in [0.15, 0.2) is 5.16 Å². The molecule has 5 rings (SSSR count). The van der Waals surface area contributed by atoms with E-state index in [0.29, 0.717) is 17.5 Å². The maximum Gasteiger partial charge on any atom is 0.237 e. The van der Waals surface area contributed by atoms with Crippen molar-refractivity contribution in [1.29, 1.82) is 0 Å². The van der Waals surface area contributed by atoms with E-state index < -0.39 is 0 Å². The minimum Gasteiger partial charge on any atom is -0.338 e. The van der Waals surface area contributed by atoms with Crippen LogP contribution in [0.3, 0.4) is 0 Å². The zero-order valence-electron chi connectivity index (χ0n) is 17.2. The zero-order chi connectivity index (χ0) is 20.9. The van der Waals surface area contributed by atoms with Crippen LogP contribution < -0.4 is 0 Å². The maximum atomic E-state index is 5.45. The van der Waals surface area contributed by atoms with Crippen molar-refractivity contribution in [2.45, 2.75) is 43.3 Å². The summed E-state index contributed by atoms with van der Waals surface area (Å²) in [6, 6.07) is 12.5. The van der Waals surface area contributed by atoms with Gasteiger partial charge in [-0.15, -0.1) is 10.2 Å². The average Bonchev–Trinajstić information content (AvgIpc) is 3.56. The lowest BCUT2D eigenvalue weighted by Crippen LogP contribution is -2.30. The van der Waals surface area contributed by atoms with E-state index in [9.17, 15) is 0 Å². The van der Waals surface area contributed by atoms with Crippen molar-refractivity contribution in [1.82, 2.24) is 29.8 Å². The molecule has 1 aliphatic rings. The van der Waals surface area contributed by atoms with Crippen molar-refractivity contribution in [3.05, 3.63) is 64.4 Å². The summed E-state index contributed by atoms with van der Waals surface area (Å²) < 4.78 is 7.68. The van der Waals surface area contributed by atoms with Gasteiger partial charge in [0.2, 0.25) is 11.7 Å². The predicted octanol–water partition coefficient (Wildman–Crippen LogP) is 4.72. The molecule has 0 amide bonds. The van der Waals surface area contributed by atoms with Gasteiger partial charge in [-0.1, -0.05) is 53.7 Å². The van der Waals surface area contributed by atoms with Crippen LogP contribution >= 0.6 is 23.1 Å². The molecule has 4 aromatic rings. The lowest BCUT2D eigenvalue weighted by Gasteiger charge is -2.26. The van der Waals surface area contributed by atoms with Crippen LogP contribution in [-0.4, -0.2) is 42.9 Å². The van der Waals surface area contributed by atoms with Gasteiger partial charge >= 0.3 is 0 Å². The number of rotatable bonds is 8. The van der Waals surface area contributed by atoms with Crippen molar-refractivity contribution in [2.24, 2.45) is 0 Å². The van der Waals surface area contributed by atoms with Gasteiger partial charge in [-0.2, -0.15) is 16.3 Å². The molecule has 0 N–H and O–H groups in total. The fourth-order valence-electron chi connectivity index (χ4n) is 3.73. The third-order valence-electron chi connectivity index (χ3n) is 5.36. The minimum absolute atomic E-state index is 0.563. The zero-order valence-corrected chi connectivity index (χ0v) is 18.8. The highest BCUT2D eigenvalue weighted by molar-refractivity contribution is 7.98. The highest BCUT2D eigenvalue weighted by Gasteiger charge is 2.19. The van der Waals surface area contributed by atoms with Crippen molar-refractivity contribution >= 4 is 23.1 Å². The third-order valence-corrected chi connectivity index (χ3v) is 7.00. The molecule has 0 aliphatic carbocycles. The molecule has 7 nitrogen and oxygen atoms in total. The summed E-state index contributed by atoms with van der Waals surface area (Å²) >= 11 is 3.21. The summed E-state index contributed by atoms with van der Waals surface area (Å²) in [5, 5.41) is 18.1. The summed E-state index contributed by atoms with van der Waals surface area (Å²) in [5.41, 5.74) is 2.22. The van der Waals surface area contributed by atoms with Crippen LogP contribution in [0.1, 0.15) is 36.5 Å². The fraction of sp³-hybridized carbons (Fsp3) is 0.364. The van der Waals surface area contributed by atoms with Gasteiger partial charge in [-0.3, -0.25) is 4.90 Å². The second kappa shape index (κ2) is 9.76. The first-order chi connectivity index (χ1) is 15.3. The normalized spacial score (nSPS) is 14.8. The predicted molar refractivity (Wildman–Crippen MR) is 122 cm³/mol. The molecule has 1 aliphatic heterocycles. The molecule has 3 aromatic heterocycles. The highest BCUT2D eigenvalue weighted by Crippen LogP contribution is 2.25. The Morgan fingerprint density at radius 2 is 1.87 bits per heavy atom. The smallest absolute Gasteiger partial charge is 0.237 e. The second-order valence-electron chi connectivity index (χ2n) is 7.62. The van der Waals surface area contributed by atoms with E-state index in [1.807, 2.05) is 22.9 Å². The number of hydrogen-bond donors (Lipinski definition) is 0. The first kappa shape index (κ1) is 20.4. The van der Waals surface area contributed by atoms with E-state index in [-0.39, 0.29) is 0 Å². The SMILES string of the molecule is c1ccc(Cn2c(CN3CCCCC3)nnc2SCc2nc(-c3ccsc3)no2)cc1. The van der Waals surface area contributed by atoms with Gasteiger partial charge in [0.25, 0.3) is 0 Å². The molecule has 1 fully saturated rings. The summed E-state index contributed by atoms with van der Waals surface area (Å²) in [6.07, 6.45) is 3.85. The third kappa shape index (κ3) is 5.06. The van der Waals surface area contributed by atoms with Crippen molar-refractivity contribution in [3.8, 4) is 11.4 Å². The average molecular weight is 453 g/mol. The lowest BCUT2D eigenvalue weighted by molar-refractivity contribution is 0.213. The lowest BCUT2D eigenvalue weighted by atomic mass is 10.1. The van der Waals surface area contributed by atoms with E-state index in [2.05, 4.69) is 54.1 Å². The van der Waals surface area contributed by atoms with E-state index in [0.717, 1.165) is 42.7 Å².